The molecule has 1 amide bonds. The number of aliphatic hydroxyl groups excluding tert-OH is 2. The fourth-order valence-electron chi connectivity index (χ4n) is 3.97. The molecule has 7 heteroatoms. The summed E-state index contributed by atoms with van der Waals surface area (Å²) in [5.74, 6) is -0.996. The first kappa shape index (κ1) is 20.1. The highest BCUT2D eigenvalue weighted by Crippen LogP contribution is 2.29. The van der Waals surface area contributed by atoms with Crippen molar-refractivity contribution < 1.29 is 19.4 Å². The molecule has 29 heavy (non-hydrogen) atoms. The van der Waals surface area contributed by atoms with E-state index in [1.165, 1.54) is 22.6 Å². The minimum absolute atomic E-state index is 0.112. The second-order valence-corrected chi connectivity index (χ2v) is 8.36. The summed E-state index contributed by atoms with van der Waals surface area (Å²) in [6, 6.07) is 11.2. The van der Waals surface area contributed by atoms with Crippen LogP contribution in [0, 0.1) is 5.82 Å². The molecule has 1 fully saturated rings. The lowest BCUT2D eigenvalue weighted by Gasteiger charge is -2.28. The van der Waals surface area contributed by atoms with E-state index in [0.717, 1.165) is 17.3 Å². The summed E-state index contributed by atoms with van der Waals surface area (Å²) in [7, 11) is 0. The fourth-order valence-corrected chi connectivity index (χ4v) is 4.23. The van der Waals surface area contributed by atoms with Gasteiger partial charge in [0, 0.05) is 10.7 Å². The Morgan fingerprint density at radius 3 is 2.66 bits per heavy atom. The van der Waals surface area contributed by atoms with E-state index < -0.39 is 23.9 Å². The highest BCUT2D eigenvalue weighted by molar-refractivity contribution is 9.10. The molecular formula is C22H22BrFN2O3. The number of aliphatic hydroxyl groups is 2. The topological polar surface area (TPSA) is 74.0 Å². The van der Waals surface area contributed by atoms with Gasteiger partial charge in [-0.05, 0) is 48.7 Å². The molecule has 0 bridgehead atoms. The Balaban J connectivity index is 1.73. The predicted molar refractivity (Wildman–Crippen MR) is 111 cm³/mol. The Morgan fingerprint density at radius 1 is 1.21 bits per heavy atom. The first-order valence-corrected chi connectivity index (χ1v) is 10.5. The van der Waals surface area contributed by atoms with Crippen molar-refractivity contribution in [1.29, 1.82) is 0 Å². The Hall–Kier alpha value is -2.22. The Labute approximate surface area is 176 Å². The number of nitrogens with zero attached hydrogens (tertiary/aromatic N) is 1. The molecule has 0 saturated heterocycles. The van der Waals surface area contributed by atoms with Gasteiger partial charge in [0.25, 0.3) is 5.91 Å². The number of carbonyl (C=O) groups excluding carboxylic acids is 1. The number of pyridine rings is 1. The summed E-state index contributed by atoms with van der Waals surface area (Å²) < 4.78 is 17.0. The average molecular weight is 461 g/mol. The molecule has 3 atom stereocenters. The van der Waals surface area contributed by atoms with Crippen LogP contribution < -0.4 is 5.32 Å². The summed E-state index contributed by atoms with van der Waals surface area (Å²) in [6.45, 7) is 0. The highest BCUT2D eigenvalue weighted by atomic mass is 79.9. The molecule has 2 heterocycles. The van der Waals surface area contributed by atoms with Gasteiger partial charge in [-0.3, -0.25) is 4.79 Å². The molecule has 0 aliphatic heterocycles. The van der Waals surface area contributed by atoms with Crippen LogP contribution >= 0.6 is 15.9 Å². The van der Waals surface area contributed by atoms with Crippen LogP contribution in [0.3, 0.4) is 0 Å². The molecule has 1 aliphatic rings. The maximum atomic E-state index is 14.7. The molecule has 4 rings (SSSR count). The maximum Gasteiger partial charge on any atom is 0.253 e. The minimum atomic E-state index is -1.03. The van der Waals surface area contributed by atoms with Crippen molar-refractivity contribution in [3.63, 3.8) is 0 Å². The number of hydrogen-bond donors (Lipinski definition) is 3. The lowest BCUT2D eigenvalue weighted by atomic mass is 9.92. The summed E-state index contributed by atoms with van der Waals surface area (Å²) in [4.78, 5) is 13.0. The molecule has 3 N–H and O–H groups in total. The van der Waals surface area contributed by atoms with E-state index in [1.807, 2.05) is 12.1 Å². The zero-order chi connectivity index (χ0) is 20.5. The van der Waals surface area contributed by atoms with E-state index in [-0.39, 0.29) is 17.1 Å². The summed E-state index contributed by atoms with van der Waals surface area (Å²) in [5.41, 5.74) is 1.29. The first-order valence-electron chi connectivity index (χ1n) is 9.67. The number of aromatic nitrogens is 1. The number of halogens is 2. The molecule has 2 aromatic heterocycles. The van der Waals surface area contributed by atoms with E-state index in [4.69, 9.17) is 0 Å². The van der Waals surface area contributed by atoms with Gasteiger partial charge >= 0.3 is 0 Å². The van der Waals surface area contributed by atoms with Gasteiger partial charge in [-0.25, -0.2) is 4.39 Å². The Morgan fingerprint density at radius 2 is 1.93 bits per heavy atom. The molecule has 1 unspecified atom stereocenters. The van der Waals surface area contributed by atoms with Crippen LogP contribution in [-0.4, -0.2) is 32.7 Å². The second kappa shape index (κ2) is 8.26. The Bertz CT molecular complexity index is 1030. The van der Waals surface area contributed by atoms with Gasteiger partial charge in [-0.1, -0.05) is 40.9 Å². The van der Waals surface area contributed by atoms with Crippen molar-refractivity contribution in [3.8, 4) is 0 Å². The third kappa shape index (κ3) is 3.95. The van der Waals surface area contributed by atoms with Crippen LogP contribution in [0.5, 0.6) is 0 Å². The van der Waals surface area contributed by atoms with Crippen molar-refractivity contribution >= 4 is 27.4 Å². The van der Waals surface area contributed by atoms with E-state index in [1.54, 1.807) is 18.3 Å². The number of fused-ring (bicyclic) bond motifs is 1. The average Bonchev–Trinajstić information content (AvgIpc) is 3.11. The van der Waals surface area contributed by atoms with E-state index in [9.17, 15) is 19.4 Å². The normalized spacial score (nSPS) is 20.6. The van der Waals surface area contributed by atoms with E-state index in [0.29, 0.717) is 24.1 Å². The highest BCUT2D eigenvalue weighted by Gasteiger charge is 2.28. The van der Waals surface area contributed by atoms with Crippen LogP contribution in [0.1, 0.15) is 53.4 Å². The predicted octanol–water partition coefficient (Wildman–Crippen LogP) is 3.96. The molecule has 3 aromatic rings. The van der Waals surface area contributed by atoms with Crippen molar-refractivity contribution in [2.45, 2.75) is 43.9 Å². The van der Waals surface area contributed by atoms with Crippen molar-refractivity contribution in [2.75, 3.05) is 0 Å². The molecular weight excluding hydrogens is 439 g/mol. The van der Waals surface area contributed by atoms with Crippen LogP contribution in [-0.2, 0) is 0 Å². The van der Waals surface area contributed by atoms with Crippen molar-refractivity contribution in [3.05, 3.63) is 75.8 Å². The lowest BCUT2D eigenvalue weighted by Crippen LogP contribution is -2.45. The molecule has 0 radical (unpaired) electrons. The fraction of sp³-hybridized carbons (Fsp3) is 0.318. The summed E-state index contributed by atoms with van der Waals surface area (Å²) in [6.07, 6.45) is 3.20. The zero-order valence-corrected chi connectivity index (χ0v) is 17.3. The smallest absolute Gasteiger partial charge is 0.253 e. The quantitative estimate of drug-likeness (QED) is 0.551. The van der Waals surface area contributed by atoms with Gasteiger partial charge in [-0.15, -0.1) is 0 Å². The van der Waals surface area contributed by atoms with Crippen molar-refractivity contribution in [2.24, 2.45) is 0 Å². The van der Waals surface area contributed by atoms with E-state index in [2.05, 4.69) is 21.2 Å². The number of amides is 1. The first-order chi connectivity index (χ1) is 14.0. The van der Waals surface area contributed by atoms with Gasteiger partial charge in [0.1, 0.15) is 11.9 Å². The minimum Gasteiger partial charge on any atom is -0.391 e. The number of carbonyl (C=O) groups is 1. The van der Waals surface area contributed by atoms with Gasteiger partial charge in [0.15, 0.2) is 0 Å². The third-order valence-electron chi connectivity index (χ3n) is 5.53. The van der Waals surface area contributed by atoms with Crippen LogP contribution in [0.15, 0.2) is 53.1 Å². The monoisotopic (exact) mass is 460 g/mol. The summed E-state index contributed by atoms with van der Waals surface area (Å²) >= 11 is 3.37. The maximum absolute atomic E-state index is 14.7. The van der Waals surface area contributed by atoms with Crippen LogP contribution in [0.25, 0.3) is 5.52 Å². The lowest BCUT2D eigenvalue weighted by molar-refractivity contribution is 0.0718. The SMILES string of the molecule is O=C(N[C@H]1CCCC[C@@H]1O)c1cc(C(O)c2ccc(Br)cc2)n2cccc(F)c12. The van der Waals surface area contributed by atoms with Gasteiger partial charge in [0.2, 0.25) is 0 Å². The number of nitrogens with one attached hydrogen (secondary N) is 1. The van der Waals surface area contributed by atoms with Gasteiger partial charge < -0.3 is 19.9 Å². The number of rotatable bonds is 4. The molecule has 152 valence electrons. The second-order valence-electron chi connectivity index (χ2n) is 7.44. The zero-order valence-electron chi connectivity index (χ0n) is 15.7. The molecule has 1 saturated carbocycles. The number of hydrogen-bond acceptors (Lipinski definition) is 3. The Kier molecular flexibility index (Phi) is 5.72. The molecule has 5 nitrogen and oxygen atoms in total. The molecule has 1 aliphatic carbocycles. The largest absolute Gasteiger partial charge is 0.391 e. The van der Waals surface area contributed by atoms with E-state index >= 15 is 0 Å². The molecule has 1 aromatic carbocycles. The molecule has 0 spiro atoms. The standard InChI is InChI=1S/C22H22BrFN2O3/c23-14-9-7-13(8-10-14)21(28)18-12-15(20-16(24)4-3-11-26(18)20)22(29)25-17-5-1-2-6-19(17)27/h3-4,7-12,17,19,21,27-28H,1-2,5-6H2,(H,25,29)/t17-,19-,21?/m0/s1. The van der Waals surface area contributed by atoms with Crippen molar-refractivity contribution in [1.82, 2.24) is 9.72 Å². The van der Waals surface area contributed by atoms with Gasteiger partial charge in [0.05, 0.1) is 28.9 Å². The third-order valence-corrected chi connectivity index (χ3v) is 6.06. The van der Waals surface area contributed by atoms with Gasteiger partial charge in [-0.2, -0.15) is 0 Å². The summed E-state index contributed by atoms with van der Waals surface area (Å²) in [5, 5.41) is 23.9. The van der Waals surface area contributed by atoms with Crippen LogP contribution in [0.4, 0.5) is 4.39 Å². The number of benzene rings is 1. The van der Waals surface area contributed by atoms with Crippen LogP contribution in [0.2, 0.25) is 0 Å².